The van der Waals surface area contributed by atoms with Gasteiger partial charge in [-0.05, 0) is 30.5 Å². The van der Waals surface area contributed by atoms with Crippen molar-refractivity contribution in [2.45, 2.75) is 23.9 Å². The zero-order chi connectivity index (χ0) is 14.6. The van der Waals surface area contributed by atoms with Crippen LogP contribution in [0.5, 0.6) is 0 Å². The third-order valence-corrected chi connectivity index (χ3v) is 4.78. The van der Waals surface area contributed by atoms with Crippen molar-refractivity contribution < 1.29 is 13.2 Å². The lowest BCUT2D eigenvalue weighted by atomic mass is 10.1. The lowest BCUT2D eigenvalue weighted by Gasteiger charge is -2.18. The van der Waals surface area contributed by atoms with Crippen molar-refractivity contribution in [3.8, 4) is 0 Å². The maximum Gasteiger partial charge on any atom is 0.260 e. The molecule has 0 aromatic carbocycles. The fraction of sp³-hybridized carbons (Fsp3) is 0.455. The van der Waals surface area contributed by atoms with Gasteiger partial charge in [-0.3, -0.25) is 4.79 Å². The smallest absolute Gasteiger partial charge is 0.260 e. The second-order valence-electron chi connectivity index (χ2n) is 4.34. The number of nitrogens with zero attached hydrogens (tertiary/aromatic N) is 5. The van der Waals surface area contributed by atoms with Gasteiger partial charge in [-0.15, -0.1) is 0 Å². The van der Waals surface area contributed by atoms with Gasteiger partial charge in [0.15, 0.2) is 10.8 Å². The fourth-order valence-corrected chi connectivity index (χ4v) is 3.38. The van der Waals surface area contributed by atoms with Crippen molar-refractivity contribution in [3.05, 3.63) is 34.8 Å². The molecule has 1 unspecified atom stereocenters. The largest absolute Gasteiger partial charge is 0.298 e. The Bertz CT molecular complexity index is 639. The van der Waals surface area contributed by atoms with Crippen LogP contribution in [0.15, 0.2) is 34.5 Å². The molecule has 1 saturated heterocycles. The van der Waals surface area contributed by atoms with Crippen LogP contribution in [0.25, 0.3) is 10.4 Å². The Balaban J connectivity index is 2.26. The predicted octanol–water partition coefficient (Wildman–Crippen LogP) is 1.11. The molecule has 2 rings (SSSR count). The molecule has 9 heteroatoms. The van der Waals surface area contributed by atoms with Crippen LogP contribution in [-0.4, -0.2) is 42.6 Å². The number of ketones is 1. The first-order valence-electron chi connectivity index (χ1n) is 6.04. The van der Waals surface area contributed by atoms with Crippen molar-refractivity contribution in [3.63, 3.8) is 0 Å². The van der Waals surface area contributed by atoms with Gasteiger partial charge >= 0.3 is 0 Å². The van der Waals surface area contributed by atoms with E-state index in [9.17, 15) is 13.2 Å². The molecule has 1 aliphatic rings. The first-order valence-corrected chi connectivity index (χ1v) is 7.48. The lowest BCUT2D eigenvalue weighted by Crippen LogP contribution is -2.36. The molecule has 20 heavy (non-hydrogen) atoms. The monoisotopic (exact) mass is 295 g/mol. The molecule has 8 nitrogen and oxygen atoms in total. The number of carbonyl (C=O) groups is 1. The highest BCUT2D eigenvalue weighted by Gasteiger charge is 2.32. The lowest BCUT2D eigenvalue weighted by molar-refractivity contribution is -0.120. The van der Waals surface area contributed by atoms with E-state index in [4.69, 9.17) is 5.53 Å². The molecular weight excluding hydrogens is 282 g/mol. The summed E-state index contributed by atoms with van der Waals surface area (Å²) in [5, 5.41) is 3.32. The summed E-state index contributed by atoms with van der Waals surface area (Å²) in [6, 6.07) is 3.78. The Hall–Kier alpha value is -1.96. The average Bonchev–Trinajstić information content (AvgIpc) is 2.63. The molecule has 0 N–H and O–H groups in total. The molecule has 106 valence electrons. The number of hydrogen-bond donors (Lipinski definition) is 0. The van der Waals surface area contributed by atoms with Crippen LogP contribution < -0.4 is 0 Å². The summed E-state index contributed by atoms with van der Waals surface area (Å²) < 4.78 is 25.8. The highest BCUT2D eigenvalue weighted by atomic mass is 32.2. The van der Waals surface area contributed by atoms with E-state index >= 15 is 0 Å². The van der Waals surface area contributed by atoms with Gasteiger partial charge in [-0.1, -0.05) is 11.2 Å². The molecule has 1 atom stereocenters. The van der Waals surface area contributed by atoms with Gasteiger partial charge < -0.3 is 0 Å². The van der Waals surface area contributed by atoms with Crippen molar-refractivity contribution >= 4 is 15.8 Å². The number of carbonyl (C=O) groups excluding carboxylic acids is 1. The SMILES string of the molecule is [N-]=[N+]=NC1CCCN(S(=O)(=O)c2ccccn2)CC1=O. The van der Waals surface area contributed by atoms with Gasteiger partial charge in [0.25, 0.3) is 10.0 Å². The normalized spacial score (nSPS) is 21.0. The molecule has 0 saturated carbocycles. The molecule has 0 spiro atoms. The van der Waals surface area contributed by atoms with Gasteiger partial charge in [0.05, 0.1) is 12.6 Å². The molecule has 0 bridgehead atoms. The first kappa shape index (κ1) is 14.4. The Morgan fingerprint density at radius 2 is 2.25 bits per heavy atom. The van der Waals surface area contributed by atoms with Gasteiger partial charge in [-0.25, -0.2) is 13.4 Å². The molecule has 1 aromatic heterocycles. The minimum atomic E-state index is -3.79. The van der Waals surface area contributed by atoms with E-state index in [0.717, 1.165) is 4.31 Å². The standard InChI is InChI=1S/C11H13N5O3S/c12-15-14-9-4-3-7-16(8-10(9)17)20(18,19)11-5-1-2-6-13-11/h1-2,5-6,9H,3-4,7-8H2. The minimum absolute atomic E-state index is 0.0879. The van der Waals surface area contributed by atoms with Crippen molar-refractivity contribution in [1.82, 2.24) is 9.29 Å². The van der Waals surface area contributed by atoms with E-state index in [-0.39, 0.29) is 23.9 Å². The van der Waals surface area contributed by atoms with E-state index in [1.54, 1.807) is 12.1 Å². The van der Waals surface area contributed by atoms with Crippen LogP contribution in [0, 0.1) is 0 Å². The van der Waals surface area contributed by atoms with Crippen LogP contribution in [-0.2, 0) is 14.8 Å². The zero-order valence-electron chi connectivity index (χ0n) is 10.6. The summed E-state index contributed by atoms with van der Waals surface area (Å²) in [5.41, 5.74) is 8.40. The Morgan fingerprint density at radius 3 is 2.90 bits per heavy atom. The number of sulfonamides is 1. The summed E-state index contributed by atoms with van der Waals surface area (Å²) in [4.78, 5) is 18.3. The number of pyridine rings is 1. The third-order valence-electron chi connectivity index (χ3n) is 3.02. The summed E-state index contributed by atoms with van der Waals surface area (Å²) in [5.74, 6) is -0.389. The van der Waals surface area contributed by atoms with Crippen molar-refractivity contribution in [2.75, 3.05) is 13.1 Å². The van der Waals surface area contributed by atoms with Crippen molar-refractivity contribution in [1.29, 1.82) is 0 Å². The van der Waals surface area contributed by atoms with E-state index < -0.39 is 16.1 Å². The molecule has 0 aliphatic carbocycles. The number of aromatic nitrogens is 1. The van der Waals surface area contributed by atoms with E-state index in [1.165, 1.54) is 12.3 Å². The van der Waals surface area contributed by atoms with E-state index in [1.807, 2.05) is 0 Å². The van der Waals surface area contributed by atoms with Gasteiger partial charge in [0.1, 0.15) is 0 Å². The molecular formula is C11H13N5O3S. The molecule has 1 aromatic rings. The second-order valence-corrected chi connectivity index (χ2v) is 6.22. The highest BCUT2D eigenvalue weighted by Crippen LogP contribution is 2.18. The summed E-state index contributed by atoms with van der Waals surface area (Å²) in [6.07, 6.45) is 2.20. The molecule has 0 radical (unpaired) electrons. The maximum absolute atomic E-state index is 12.4. The van der Waals surface area contributed by atoms with E-state index in [2.05, 4.69) is 15.0 Å². The van der Waals surface area contributed by atoms with Crippen LogP contribution in [0.1, 0.15) is 12.8 Å². The van der Waals surface area contributed by atoms with Crippen LogP contribution in [0.3, 0.4) is 0 Å². The summed E-state index contributed by atoms with van der Waals surface area (Å²) in [6.45, 7) is -0.0787. The van der Waals surface area contributed by atoms with Crippen LogP contribution in [0.2, 0.25) is 0 Å². The molecule has 1 fully saturated rings. The Kier molecular flexibility index (Phi) is 4.33. The van der Waals surface area contributed by atoms with Crippen LogP contribution >= 0.6 is 0 Å². The molecule has 2 heterocycles. The summed E-state index contributed by atoms with van der Waals surface area (Å²) >= 11 is 0. The highest BCUT2D eigenvalue weighted by molar-refractivity contribution is 7.89. The minimum Gasteiger partial charge on any atom is -0.298 e. The zero-order valence-corrected chi connectivity index (χ0v) is 11.4. The molecule has 0 amide bonds. The fourth-order valence-electron chi connectivity index (χ4n) is 2.00. The first-order chi connectivity index (χ1) is 9.55. The van der Waals surface area contributed by atoms with E-state index in [0.29, 0.717) is 12.8 Å². The third kappa shape index (κ3) is 2.96. The average molecular weight is 295 g/mol. The van der Waals surface area contributed by atoms with Crippen LogP contribution in [0.4, 0.5) is 0 Å². The molecule has 1 aliphatic heterocycles. The number of azide groups is 1. The maximum atomic E-state index is 12.4. The summed E-state index contributed by atoms with van der Waals surface area (Å²) in [7, 11) is -3.79. The predicted molar refractivity (Wildman–Crippen MR) is 70.2 cm³/mol. The quantitative estimate of drug-likeness (QED) is 0.471. The Morgan fingerprint density at radius 1 is 1.45 bits per heavy atom. The number of hydrogen-bond acceptors (Lipinski definition) is 5. The van der Waals surface area contributed by atoms with Crippen molar-refractivity contribution in [2.24, 2.45) is 5.11 Å². The van der Waals surface area contributed by atoms with Gasteiger partial charge in [0, 0.05) is 17.7 Å². The Labute approximate surface area is 116 Å². The topological polar surface area (TPSA) is 116 Å². The number of Topliss-reactive ketones (excluding diaryl/α,β-unsaturated/α-hetero) is 1. The second kappa shape index (κ2) is 6.00. The number of rotatable bonds is 3. The van der Waals surface area contributed by atoms with Gasteiger partial charge in [-0.2, -0.15) is 4.31 Å². The van der Waals surface area contributed by atoms with Gasteiger partial charge in [0.2, 0.25) is 0 Å².